The third kappa shape index (κ3) is 6.84. The summed E-state index contributed by atoms with van der Waals surface area (Å²) >= 11 is 0. The molecular weight excluding hydrogens is 570 g/mol. The number of nitrogens with one attached hydrogen (secondary N) is 1. The Kier molecular flexibility index (Phi) is 8.63. The standard InChI is InChI=1S/C27H27N3O9SSi/c1-41(2,3)39-27(34)24-18(11-14-21(31)17-9-12-19(13-10-17)30(35)36)16-40(37)26-23(25(33)29(24)26)28-22(32)15-38-20-7-5-4-6-8-20/h4-14,23,26H,15-16H2,1-3H3,(H,28,32)/t23?,26-,40?/m1/s1. The number of hydrogen-bond donors (Lipinski definition) is 1. The van der Waals surface area contributed by atoms with Gasteiger partial charge in [0.1, 0.15) is 22.9 Å². The number of rotatable bonds is 10. The molecule has 2 aliphatic rings. The summed E-state index contributed by atoms with van der Waals surface area (Å²) in [5, 5.41) is 12.4. The fourth-order valence-electron chi connectivity index (χ4n) is 4.15. The molecular formula is C27H27N3O9SSi. The van der Waals surface area contributed by atoms with Gasteiger partial charge in [0.05, 0.1) is 21.5 Å². The van der Waals surface area contributed by atoms with Gasteiger partial charge in [0.15, 0.2) is 12.4 Å². The van der Waals surface area contributed by atoms with E-state index in [1.54, 1.807) is 50.0 Å². The summed E-state index contributed by atoms with van der Waals surface area (Å²) in [5.41, 5.74) is 0.00125. The van der Waals surface area contributed by atoms with Crippen molar-refractivity contribution in [1.82, 2.24) is 10.2 Å². The van der Waals surface area contributed by atoms with Crippen molar-refractivity contribution in [3.63, 3.8) is 0 Å². The number of carbonyl (C=O) groups excluding carboxylic acids is 4. The first-order chi connectivity index (χ1) is 19.4. The molecule has 0 bridgehead atoms. The normalized spacial score (nSPS) is 20.2. The third-order valence-electron chi connectivity index (χ3n) is 5.98. The first-order valence-electron chi connectivity index (χ1n) is 12.5. The number of nitro benzene ring substituents is 1. The fourth-order valence-corrected chi connectivity index (χ4v) is 6.44. The molecule has 1 N–H and O–H groups in total. The molecule has 12 nitrogen and oxygen atoms in total. The molecule has 2 amide bonds. The maximum Gasteiger partial charge on any atom is 0.342 e. The van der Waals surface area contributed by atoms with Gasteiger partial charge in [-0.2, -0.15) is 0 Å². The van der Waals surface area contributed by atoms with E-state index in [-0.39, 0.29) is 34.9 Å². The van der Waals surface area contributed by atoms with Crippen molar-refractivity contribution in [2.75, 3.05) is 12.4 Å². The number of non-ortho nitro benzene ring substituents is 1. The zero-order chi connectivity index (χ0) is 29.9. The molecule has 2 unspecified atom stereocenters. The van der Waals surface area contributed by atoms with E-state index in [1.807, 2.05) is 0 Å². The second-order valence-corrected chi connectivity index (χ2v) is 16.1. The molecule has 1 saturated heterocycles. The Balaban J connectivity index is 1.55. The molecule has 0 saturated carbocycles. The maximum atomic E-state index is 13.2. The highest BCUT2D eigenvalue weighted by molar-refractivity contribution is 7.86. The van der Waals surface area contributed by atoms with Gasteiger partial charge in [-0.25, -0.2) is 4.79 Å². The lowest BCUT2D eigenvalue weighted by molar-refractivity contribution is -0.384. The first kappa shape index (κ1) is 29.5. The highest BCUT2D eigenvalue weighted by atomic mass is 32.2. The molecule has 3 atom stereocenters. The number of para-hydroxylation sites is 1. The van der Waals surface area contributed by atoms with Gasteiger partial charge in [0.2, 0.25) is 8.32 Å². The smallest absolute Gasteiger partial charge is 0.342 e. The number of benzene rings is 2. The van der Waals surface area contributed by atoms with Crippen LogP contribution in [0.1, 0.15) is 10.4 Å². The van der Waals surface area contributed by atoms with Crippen LogP contribution in [0.2, 0.25) is 19.6 Å². The molecule has 2 aromatic carbocycles. The second kappa shape index (κ2) is 12.0. The van der Waals surface area contributed by atoms with E-state index >= 15 is 0 Å². The van der Waals surface area contributed by atoms with E-state index in [9.17, 15) is 33.5 Å². The summed E-state index contributed by atoms with van der Waals surface area (Å²) in [5.74, 6) is -2.27. The zero-order valence-electron chi connectivity index (χ0n) is 22.4. The Labute approximate surface area is 238 Å². The maximum absolute atomic E-state index is 13.2. The molecule has 2 aromatic rings. The fraction of sp³-hybridized carbons (Fsp3) is 0.259. The summed E-state index contributed by atoms with van der Waals surface area (Å²) < 4.78 is 24.3. The van der Waals surface area contributed by atoms with E-state index in [0.29, 0.717) is 5.75 Å². The number of fused-ring (bicyclic) bond motifs is 1. The number of hydrogen-bond acceptors (Lipinski definition) is 9. The minimum absolute atomic E-state index is 0.138. The lowest BCUT2D eigenvalue weighted by atomic mass is 10.0. The van der Waals surface area contributed by atoms with E-state index in [4.69, 9.17) is 9.16 Å². The van der Waals surface area contributed by atoms with Crippen molar-refractivity contribution in [1.29, 1.82) is 0 Å². The Hall–Kier alpha value is -4.43. The minimum atomic E-state index is -2.43. The number of nitro groups is 1. The highest BCUT2D eigenvalue weighted by Gasteiger charge is 2.57. The first-order valence-corrected chi connectivity index (χ1v) is 17.3. The van der Waals surface area contributed by atoms with Crippen LogP contribution in [0.5, 0.6) is 5.75 Å². The van der Waals surface area contributed by atoms with Gasteiger partial charge in [0, 0.05) is 17.7 Å². The van der Waals surface area contributed by atoms with Gasteiger partial charge in [-0.1, -0.05) is 24.3 Å². The highest BCUT2D eigenvalue weighted by Crippen LogP contribution is 2.36. The Morgan fingerprint density at radius 3 is 2.39 bits per heavy atom. The number of ketones is 1. The van der Waals surface area contributed by atoms with Crippen LogP contribution < -0.4 is 10.1 Å². The predicted molar refractivity (Wildman–Crippen MR) is 151 cm³/mol. The van der Waals surface area contributed by atoms with Gasteiger partial charge in [-0.05, 0) is 55.6 Å². The molecule has 0 spiro atoms. The largest absolute Gasteiger partial charge is 0.515 e. The van der Waals surface area contributed by atoms with Crippen LogP contribution in [0.15, 0.2) is 78.0 Å². The quantitative estimate of drug-likeness (QED) is 0.108. The number of allylic oxidation sites excluding steroid dienone is 2. The molecule has 0 aliphatic carbocycles. The number of ether oxygens (including phenoxy) is 1. The van der Waals surface area contributed by atoms with Crippen molar-refractivity contribution < 1.29 is 37.5 Å². The third-order valence-corrected chi connectivity index (χ3v) is 8.39. The van der Waals surface area contributed by atoms with Crippen LogP contribution in [0.3, 0.4) is 0 Å². The Morgan fingerprint density at radius 1 is 1.12 bits per heavy atom. The number of nitrogens with zero attached hydrogens (tertiary/aromatic N) is 2. The molecule has 1 fully saturated rings. The summed E-state index contributed by atoms with van der Waals surface area (Å²) in [7, 11) is -4.16. The summed E-state index contributed by atoms with van der Waals surface area (Å²) in [6.45, 7) is 4.98. The summed E-state index contributed by atoms with van der Waals surface area (Å²) in [6.07, 6.45) is 2.44. The lowest BCUT2D eigenvalue weighted by Crippen LogP contribution is -2.74. The second-order valence-electron chi connectivity index (χ2n) is 10.1. The zero-order valence-corrected chi connectivity index (χ0v) is 24.2. The van der Waals surface area contributed by atoms with Crippen LogP contribution in [-0.4, -0.2) is 69.7 Å². The van der Waals surface area contributed by atoms with Gasteiger partial charge in [-0.15, -0.1) is 0 Å². The van der Waals surface area contributed by atoms with Crippen LogP contribution in [0.25, 0.3) is 0 Å². The van der Waals surface area contributed by atoms with Crippen molar-refractivity contribution in [2.45, 2.75) is 31.1 Å². The number of amides is 2. The van der Waals surface area contributed by atoms with Crippen molar-refractivity contribution in [3.05, 3.63) is 93.7 Å². The molecule has 14 heteroatoms. The van der Waals surface area contributed by atoms with Crippen LogP contribution in [-0.2, 0) is 29.6 Å². The monoisotopic (exact) mass is 597 g/mol. The van der Waals surface area contributed by atoms with Crippen molar-refractivity contribution >= 4 is 48.4 Å². The molecule has 2 aliphatic heterocycles. The summed E-state index contributed by atoms with van der Waals surface area (Å²) in [4.78, 5) is 63.0. The average molecular weight is 598 g/mol. The van der Waals surface area contributed by atoms with E-state index in [1.165, 1.54) is 30.3 Å². The van der Waals surface area contributed by atoms with Gasteiger partial charge in [0.25, 0.3) is 17.5 Å². The Bertz CT molecular complexity index is 1480. The van der Waals surface area contributed by atoms with E-state index in [0.717, 1.165) is 11.0 Å². The van der Waals surface area contributed by atoms with E-state index < -0.39 is 59.0 Å². The lowest BCUT2D eigenvalue weighted by Gasteiger charge is -2.49. The number of β-lactam (4-membered cyclic amide) rings is 1. The average Bonchev–Trinajstić information content (AvgIpc) is 2.92. The molecule has 41 heavy (non-hydrogen) atoms. The van der Waals surface area contributed by atoms with Gasteiger partial charge < -0.3 is 14.5 Å². The van der Waals surface area contributed by atoms with Gasteiger partial charge >= 0.3 is 5.97 Å². The molecule has 214 valence electrons. The van der Waals surface area contributed by atoms with Gasteiger partial charge in [-0.3, -0.25) is 33.6 Å². The van der Waals surface area contributed by atoms with E-state index in [2.05, 4.69) is 5.32 Å². The predicted octanol–water partition coefficient (Wildman–Crippen LogP) is 2.46. The number of carbonyl (C=O) groups is 4. The van der Waals surface area contributed by atoms with Crippen LogP contribution in [0.4, 0.5) is 5.69 Å². The summed E-state index contributed by atoms with van der Waals surface area (Å²) in [6, 6.07) is 12.4. The van der Waals surface area contributed by atoms with Crippen LogP contribution in [0, 0.1) is 10.1 Å². The van der Waals surface area contributed by atoms with Crippen molar-refractivity contribution in [3.8, 4) is 5.75 Å². The molecule has 2 heterocycles. The molecule has 4 rings (SSSR count). The topological polar surface area (TPSA) is 162 Å². The Morgan fingerprint density at radius 2 is 1.78 bits per heavy atom. The minimum Gasteiger partial charge on any atom is -0.515 e. The van der Waals surface area contributed by atoms with Crippen molar-refractivity contribution in [2.24, 2.45) is 0 Å². The molecule has 0 radical (unpaired) electrons. The SMILES string of the molecule is C[Si](C)(C)OC(=O)C1=C(C=CC(=O)c2ccc([N+](=O)[O-])cc2)CS(=O)[C@@H]2C(NC(=O)COc3ccccc3)C(=O)N12. The van der Waals surface area contributed by atoms with Crippen LogP contribution >= 0.6 is 0 Å². The molecule has 0 aromatic heterocycles.